The fraction of sp³-hybridized carbons (Fsp3) is 0.938. The minimum atomic E-state index is -4.94. The van der Waals surface area contributed by atoms with E-state index in [0.717, 1.165) is 109 Å². The second-order valence-corrected chi connectivity index (χ2v) is 26.9. The van der Waals surface area contributed by atoms with Crippen LogP contribution in [0.15, 0.2) is 0 Å². The van der Waals surface area contributed by atoms with Gasteiger partial charge in [0.15, 0.2) is 12.2 Å². The highest BCUT2D eigenvalue weighted by atomic mass is 31.2. The number of ether oxygens (including phenoxy) is 4. The first-order valence-corrected chi connectivity index (χ1v) is 37.1. The van der Waals surface area contributed by atoms with Crippen LogP contribution in [0, 0.1) is 5.92 Å². The summed E-state index contributed by atoms with van der Waals surface area (Å²) in [4.78, 5) is 72.1. The minimum absolute atomic E-state index is 0.106. The highest BCUT2D eigenvalue weighted by Gasteiger charge is 2.30. The quantitative estimate of drug-likeness (QED) is 0.0222. The number of carbonyl (C=O) groups is 4. The summed E-state index contributed by atoms with van der Waals surface area (Å²) in [6.45, 7) is 7.17. The summed E-state index contributed by atoms with van der Waals surface area (Å²) in [5.74, 6) is -1.36. The predicted molar refractivity (Wildman–Crippen MR) is 335 cm³/mol. The van der Waals surface area contributed by atoms with Gasteiger partial charge in [0.05, 0.1) is 26.4 Å². The molecule has 0 aromatic rings. The molecular formula is C65H126O17P2. The zero-order valence-electron chi connectivity index (χ0n) is 54.0. The van der Waals surface area contributed by atoms with Crippen molar-refractivity contribution >= 4 is 39.5 Å². The molecule has 19 heteroatoms. The van der Waals surface area contributed by atoms with Gasteiger partial charge in [-0.3, -0.25) is 37.3 Å². The number of aliphatic hydroxyl groups excluding tert-OH is 1. The Hall–Kier alpha value is -1.94. The molecule has 0 bridgehead atoms. The van der Waals surface area contributed by atoms with Crippen molar-refractivity contribution in [3.8, 4) is 0 Å². The number of rotatable bonds is 65. The molecule has 0 saturated carbocycles. The van der Waals surface area contributed by atoms with Gasteiger partial charge in [-0.15, -0.1) is 0 Å². The van der Waals surface area contributed by atoms with E-state index < -0.39 is 97.5 Å². The molecule has 0 aliphatic rings. The van der Waals surface area contributed by atoms with E-state index in [-0.39, 0.29) is 25.7 Å². The summed E-state index contributed by atoms with van der Waals surface area (Å²) in [6, 6.07) is 0. The SMILES string of the molecule is CCCCCCCCCCCCCCC(=O)OC[C@H](COP(=O)(O)OC[C@@H](O)COP(=O)(O)OC[C@@H](COC(=O)CCCCCCCCC)OC(=O)CCCCCCCCCCCC)OC(=O)CCCCCCCCCCCCCCC(C)C. The molecule has 0 fully saturated rings. The van der Waals surface area contributed by atoms with Gasteiger partial charge in [0.2, 0.25) is 0 Å². The lowest BCUT2D eigenvalue weighted by molar-refractivity contribution is -0.161. The second-order valence-electron chi connectivity index (χ2n) is 24.0. The third-order valence-corrected chi connectivity index (χ3v) is 16.9. The Morgan fingerprint density at radius 2 is 0.548 bits per heavy atom. The van der Waals surface area contributed by atoms with Crippen molar-refractivity contribution in [2.24, 2.45) is 5.92 Å². The number of phosphoric acid groups is 2. The van der Waals surface area contributed by atoms with Crippen molar-refractivity contribution in [3.05, 3.63) is 0 Å². The first kappa shape index (κ1) is 82.1. The Balaban J connectivity index is 5.21. The standard InChI is InChI=1S/C65H126O17P2/c1-6-9-12-15-18-20-22-26-30-34-39-44-49-63(68)76-55-61(82-65(70)51-46-41-36-31-27-24-23-25-28-33-37-42-47-58(4)5)57-80-84(73,74)78-53-59(66)52-77-83(71,72)79-56-60(54-75-62(67)48-43-38-32-17-14-11-8-3)81-64(69)50-45-40-35-29-21-19-16-13-10-7-2/h58-61,66H,6-57H2,1-5H3,(H,71,72)(H,73,74)/t59-,60+,61+/m0/s1. The number of phosphoric ester groups is 2. The van der Waals surface area contributed by atoms with E-state index in [4.69, 9.17) is 37.0 Å². The van der Waals surface area contributed by atoms with Gasteiger partial charge >= 0.3 is 39.5 Å². The van der Waals surface area contributed by atoms with E-state index in [9.17, 15) is 43.2 Å². The van der Waals surface area contributed by atoms with Gasteiger partial charge in [0.25, 0.3) is 0 Å². The number of hydrogen-bond donors (Lipinski definition) is 3. The molecule has 84 heavy (non-hydrogen) atoms. The average Bonchev–Trinajstić information content (AvgIpc) is 3.65. The third-order valence-electron chi connectivity index (χ3n) is 15.0. The maximum Gasteiger partial charge on any atom is 0.472 e. The van der Waals surface area contributed by atoms with Gasteiger partial charge in [-0.25, -0.2) is 9.13 Å². The lowest BCUT2D eigenvalue weighted by atomic mass is 10.0. The van der Waals surface area contributed by atoms with Crippen LogP contribution in [0.1, 0.15) is 330 Å². The highest BCUT2D eigenvalue weighted by Crippen LogP contribution is 2.45. The maximum atomic E-state index is 13.0. The topological polar surface area (TPSA) is 237 Å². The molecule has 0 spiro atoms. The fourth-order valence-electron chi connectivity index (χ4n) is 9.76. The summed E-state index contributed by atoms with van der Waals surface area (Å²) in [5.41, 5.74) is 0. The number of esters is 4. The van der Waals surface area contributed by atoms with E-state index in [1.165, 1.54) is 141 Å². The van der Waals surface area contributed by atoms with Gasteiger partial charge in [-0.1, -0.05) is 279 Å². The van der Waals surface area contributed by atoms with Gasteiger partial charge in [-0.2, -0.15) is 0 Å². The normalized spacial score (nSPS) is 14.2. The van der Waals surface area contributed by atoms with Crippen molar-refractivity contribution in [1.29, 1.82) is 0 Å². The summed E-state index contributed by atoms with van der Waals surface area (Å²) in [5, 5.41) is 10.5. The molecule has 0 amide bonds. The lowest BCUT2D eigenvalue weighted by Crippen LogP contribution is -2.30. The molecule has 0 aliphatic heterocycles. The molecule has 0 saturated heterocycles. The Bertz CT molecular complexity index is 1640. The van der Waals surface area contributed by atoms with E-state index in [1.54, 1.807) is 0 Å². The number of aliphatic hydroxyl groups is 1. The van der Waals surface area contributed by atoms with Gasteiger partial charge in [-0.05, 0) is 31.6 Å². The molecule has 0 radical (unpaired) electrons. The van der Waals surface area contributed by atoms with E-state index in [0.29, 0.717) is 25.7 Å². The Morgan fingerprint density at radius 3 is 0.810 bits per heavy atom. The molecule has 2 unspecified atom stereocenters. The first-order chi connectivity index (χ1) is 40.5. The summed E-state index contributed by atoms with van der Waals surface area (Å²) < 4.78 is 68.0. The van der Waals surface area contributed by atoms with E-state index in [1.807, 2.05) is 0 Å². The van der Waals surface area contributed by atoms with Crippen molar-refractivity contribution in [2.75, 3.05) is 39.6 Å². The predicted octanol–water partition coefficient (Wildman–Crippen LogP) is 18.2. The third kappa shape index (κ3) is 59.0. The Kier molecular flexibility index (Phi) is 57.4. The fourth-order valence-corrected chi connectivity index (χ4v) is 11.3. The summed E-state index contributed by atoms with van der Waals surface area (Å²) >= 11 is 0. The van der Waals surface area contributed by atoms with Crippen LogP contribution < -0.4 is 0 Å². The zero-order valence-corrected chi connectivity index (χ0v) is 55.8. The maximum absolute atomic E-state index is 13.0. The number of hydrogen-bond acceptors (Lipinski definition) is 15. The Morgan fingerprint density at radius 1 is 0.321 bits per heavy atom. The van der Waals surface area contributed by atoms with Crippen molar-refractivity contribution < 1.29 is 80.2 Å². The second kappa shape index (κ2) is 58.7. The molecular weight excluding hydrogens is 1110 g/mol. The molecule has 0 aliphatic carbocycles. The average molecular weight is 1240 g/mol. The molecule has 0 aromatic heterocycles. The van der Waals surface area contributed by atoms with Gasteiger partial charge in [0.1, 0.15) is 19.3 Å². The van der Waals surface area contributed by atoms with Crippen LogP contribution in [-0.4, -0.2) is 96.7 Å². The monoisotopic (exact) mass is 1240 g/mol. The molecule has 0 rings (SSSR count). The van der Waals surface area contributed by atoms with Gasteiger partial charge in [0, 0.05) is 25.7 Å². The summed E-state index contributed by atoms with van der Waals surface area (Å²) in [6.07, 6.45) is 43.1. The lowest BCUT2D eigenvalue weighted by Gasteiger charge is -2.21. The van der Waals surface area contributed by atoms with Gasteiger partial charge < -0.3 is 33.8 Å². The van der Waals surface area contributed by atoms with Crippen molar-refractivity contribution in [1.82, 2.24) is 0 Å². The largest absolute Gasteiger partial charge is 0.472 e. The first-order valence-electron chi connectivity index (χ1n) is 34.1. The molecule has 3 N–H and O–H groups in total. The van der Waals surface area contributed by atoms with Crippen molar-refractivity contribution in [3.63, 3.8) is 0 Å². The Labute approximate surface area is 511 Å². The van der Waals surface area contributed by atoms with Crippen LogP contribution in [0.5, 0.6) is 0 Å². The minimum Gasteiger partial charge on any atom is -0.462 e. The van der Waals surface area contributed by atoms with Crippen LogP contribution in [-0.2, 0) is 65.4 Å². The number of carbonyl (C=O) groups excluding carboxylic acids is 4. The van der Waals surface area contributed by atoms with Crippen LogP contribution >= 0.6 is 15.6 Å². The molecule has 0 aromatic carbocycles. The molecule has 17 nitrogen and oxygen atoms in total. The molecule has 498 valence electrons. The van der Waals surface area contributed by atoms with Crippen LogP contribution in [0.2, 0.25) is 0 Å². The zero-order chi connectivity index (χ0) is 62.0. The van der Waals surface area contributed by atoms with Crippen molar-refractivity contribution in [2.45, 2.75) is 348 Å². The summed E-state index contributed by atoms with van der Waals surface area (Å²) in [7, 11) is -9.88. The number of unbranched alkanes of at least 4 members (excludes halogenated alkanes) is 37. The van der Waals surface area contributed by atoms with Crippen LogP contribution in [0.25, 0.3) is 0 Å². The smallest absolute Gasteiger partial charge is 0.462 e. The van der Waals surface area contributed by atoms with Crippen LogP contribution in [0.3, 0.4) is 0 Å². The van der Waals surface area contributed by atoms with Crippen LogP contribution in [0.4, 0.5) is 0 Å². The highest BCUT2D eigenvalue weighted by molar-refractivity contribution is 7.47. The molecule has 5 atom stereocenters. The van der Waals surface area contributed by atoms with E-state index >= 15 is 0 Å². The van der Waals surface area contributed by atoms with E-state index in [2.05, 4.69) is 34.6 Å². The molecule has 0 heterocycles.